The molecule has 1 aromatic heterocycles. The Morgan fingerprint density at radius 1 is 1.37 bits per heavy atom. The van der Waals surface area contributed by atoms with Gasteiger partial charge >= 0.3 is 6.18 Å². The van der Waals surface area contributed by atoms with Gasteiger partial charge in [0.15, 0.2) is 0 Å². The second-order valence-corrected chi connectivity index (χ2v) is 5.06. The minimum Gasteiger partial charge on any atom is -0.481 e. The molecule has 0 radical (unpaired) electrons. The highest BCUT2D eigenvalue weighted by Gasteiger charge is 2.39. The first-order valence-electron chi connectivity index (χ1n) is 6.18. The lowest BCUT2D eigenvalue weighted by molar-refractivity contribution is -0.139. The molecule has 0 aromatic carbocycles. The van der Waals surface area contributed by atoms with Crippen LogP contribution >= 0.6 is 0 Å². The maximum absolute atomic E-state index is 13.0. The van der Waals surface area contributed by atoms with Gasteiger partial charge in [0.25, 0.3) is 0 Å². The number of hydrogen-bond acceptors (Lipinski definition) is 3. The van der Waals surface area contributed by atoms with Crippen molar-refractivity contribution in [2.75, 3.05) is 20.2 Å². The smallest absolute Gasteiger partial charge is 0.416 e. The first kappa shape index (κ1) is 14.1. The van der Waals surface area contributed by atoms with Crippen LogP contribution in [0.15, 0.2) is 12.3 Å². The van der Waals surface area contributed by atoms with E-state index in [0.29, 0.717) is 19.1 Å². The molecule has 1 saturated heterocycles. The molecule has 0 amide bonds. The molecule has 0 spiro atoms. The number of hydrogen-bond donors (Lipinski definition) is 0. The van der Waals surface area contributed by atoms with Gasteiger partial charge in [0.05, 0.1) is 12.7 Å². The summed E-state index contributed by atoms with van der Waals surface area (Å²) in [6.45, 7) is 5.36. The maximum atomic E-state index is 13.0. The predicted molar refractivity (Wildman–Crippen MR) is 65.2 cm³/mol. The molecule has 0 saturated carbocycles. The molecule has 6 heteroatoms. The monoisotopic (exact) mass is 274 g/mol. The van der Waals surface area contributed by atoms with Crippen LogP contribution in [0.3, 0.4) is 0 Å². The number of halogens is 3. The van der Waals surface area contributed by atoms with Crippen molar-refractivity contribution in [2.24, 2.45) is 0 Å². The molecular formula is C13H17F3N2O. The van der Waals surface area contributed by atoms with Gasteiger partial charge in [-0.25, -0.2) is 4.98 Å². The molecule has 106 valence electrons. The zero-order valence-electron chi connectivity index (χ0n) is 11.2. The van der Waals surface area contributed by atoms with E-state index in [1.165, 1.54) is 13.3 Å². The summed E-state index contributed by atoms with van der Waals surface area (Å²) in [5.74, 6) is -0.103. The first-order valence-corrected chi connectivity index (χ1v) is 6.18. The van der Waals surface area contributed by atoms with Crippen LogP contribution in [0.25, 0.3) is 0 Å². The number of nitrogens with zero attached hydrogens (tertiary/aromatic N) is 2. The van der Waals surface area contributed by atoms with Crippen LogP contribution in [0, 0.1) is 0 Å². The summed E-state index contributed by atoms with van der Waals surface area (Å²) in [5, 5.41) is 0. The lowest BCUT2D eigenvalue weighted by atomic mass is 9.88. The molecule has 3 nitrogen and oxygen atoms in total. The molecule has 0 aliphatic carbocycles. The normalized spacial score (nSPS) is 17.6. The molecule has 2 rings (SSSR count). The van der Waals surface area contributed by atoms with E-state index in [1.54, 1.807) is 0 Å². The van der Waals surface area contributed by atoms with E-state index in [0.717, 1.165) is 6.07 Å². The quantitative estimate of drug-likeness (QED) is 0.847. The number of methoxy groups -OCH3 is 1. The molecule has 0 unspecified atom stereocenters. The van der Waals surface area contributed by atoms with Crippen LogP contribution in [-0.4, -0.2) is 36.1 Å². The van der Waals surface area contributed by atoms with E-state index in [2.05, 4.69) is 9.88 Å². The van der Waals surface area contributed by atoms with E-state index >= 15 is 0 Å². The van der Waals surface area contributed by atoms with Gasteiger partial charge in [-0.3, -0.25) is 4.90 Å². The summed E-state index contributed by atoms with van der Waals surface area (Å²) in [6, 6.07) is 1.34. The highest BCUT2D eigenvalue weighted by Crippen LogP contribution is 2.39. The summed E-state index contributed by atoms with van der Waals surface area (Å²) < 4.78 is 43.9. The van der Waals surface area contributed by atoms with E-state index in [1.807, 2.05) is 13.8 Å². The van der Waals surface area contributed by atoms with Crippen LogP contribution in [-0.2, 0) is 6.18 Å². The topological polar surface area (TPSA) is 25.4 Å². The van der Waals surface area contributed by atoms with Crippen LogP contribution in [0.4, 0.5) is 13.2 Å². The van der Waals surface area contributed by atoms with Crippen molar-refractivity contribution in [1.82, 2.24) is 9.88 Å². The third-order valence-electron chi connectivity index (χ3n) is 3.50. The molecule has 1 aliphatic rings. The summed E-state index contributed by atoms with van der Waals surface area (Å²) in [4.78, 5) is 6.04. The Morgan fingerprint density at radius 3 is 2.47 bits per heavy atom. The van der Waals surface area contributed by atoms with Gasteiger partial charge in [-0.15, -0.1) is 0 Å². The Kier molecular flexibility index (Phi) is 3.71. The second kappa shape index (κ2) is 5.00. The van der Waals surface area contributed by atoms with Crippen molar-refractivity contribution in [3.05, 3.63) is 23.4 Å². The highest BCUT2D eigenvalue weighted by molar-refractivity contribution is 5.36. The van der Waals surface area contributed by atoms with Gasteiger partial charge in [-0.2, -0.15) is 13.2 Å². The van der Waals surface area contributed by atoms with Gasteiger partial charge in [-0.05, 0) is 19.4 Å². The Labute approximate surface area is 110 Å². The number of aromatic nitrogens is 1. The molecule has 0 N–H and O–H groups in total. The van der Waals surface area contributed by atoms with Crippen molar-refractivity contribution >= 4 is 0 Å². The Bertz CT molecular complexity index is 454. The van der Waals surface area contributed by atoms with Gasteiger partial charge in [0.2, 0.25) is 5.88 Å². The molecule has 0 bridgehead atoms. The standard InChI is InChI=1S/C13H17F3N2O/c1-8(2)18-6-9(7-18)10-5-17-12(19-3)4-11(10)13(14,15)16/h4-5,8-9H,6-7H2,1-3H3. The summed E-state index contributed by atoms with van der Waals surface area (Å²) >= 11 is 0. The van der Waals surface area contributed by atoms with Crippen molar-refractivity contribution in [3.63, 3.8) is 0 Å². The van der Waals surface area contributed by atoms with E-state index in [-0.39, 0.29) is 17.4 Å². The van der Waals surface area contributed by atoms with Crippen molar-refractivity contribution in [2.45, 2.75) is 32.0 Å². The Hall–Kier alpha value is -1.30. The fraction of sp³-hybridized carbons (Fsp3) is 0.615. The zero-order valence-corrected chi connectivity index (χ0v) is 11.2. The van der Waals surface area contributed by atoms with E-state index in [4.69, 9.17) is 4.74 Å². The van der Waals surface area contributed by atoms with Gasteiger partial charge in [0, 0.05) is 37.3 Å². The fourth-order valence-corrected chi connectivity index (χ4v) is 2.26. The first-order chi connectivity index (χ1) is 8.82. The van der Waals surface area contributed by atoms with Gasteiger partial charge in [0.1, 0.15) is 0 Å². The summed E-state index contributed by atoms with van der Waals surface area (Å²) in [5.41, 5.74) is -0.363. The molecule has 2 heterocycles. The molecule has 19 heavy (non-hydrogen) atoms. The average molecular weight is 274 g/mol. The molecule has 1 aliphatic heterocycles. The molecular weight excluding hydrogens is 257 g/mol. The van der Waals surface area contributed by atoms with E-state index < -0.39 is 11.7 Å². The van der Waals surface area contributed by atoms with Crippen molar-refractivity contribution in [3.8, 4) is 5.88 Å². The number of rotatable bonds is 3. The van der Waals surface area contributed by atoms with Crippen LogP contribution in [0.2, 0.25) is 0 Å². The van der Waals surface area contributed by atoms with E-state index in [9.17, 15) is 13.2 Å². The van der Waals surface area contributed by atoms with Crippen LogP contribution in [0.5, 0.6) is 5.88 Å². The SMILES string of the molecule is COc1cc(C(F)(F)F)c(C2CN(C(C)C)C2)cn1. The lowest BCUT2D eigenvalue weighted by Gasteiger charge is -2.42. The minimum atomic E-state index is -4.37. The largest absolute Gasteiger partial charge is 0.481 e. The maximum Gasteiger partial charge on any atom is 0.416 e. The number of ether oxygens (including phenoxy) is 1. The second-order valence-electron chi connectivity index (χ2n) is 5.06. The minimum absolute atomic E-state index is 0.00360. The highest BCUT2D eigenvalue weighted by atomic mass is 19.4. The lowest BCUT2D eigenvalue weighted by Crippen LogP contribution is -2.49. The average Bonchev–Trinajstić information content (AvgIpc) is 2.25. The summed E-state index contributed by atoms with van der Waals surface area (Å²) in [6.07, 6.45) is -3.08. The van der Waals surface area contributed by atoms with Crippen LogP contribution < -0.4 is 4.74 Å². The number of likely N-dealkylation sites (tertiary alicyclic amines) is 1. The zero-order chi connectivity index (χ0) is 14.2. The van der Waals surface area contributed by atoms with Crippen LogP contribution in [0.1, 0.15) is 30.9 Å². The number of pyridine rings is 1. The van der Waals surface area contributed by atoms with Gasteiger partial charge < -0.3 is 4.74 Å². The Morgan fingerprint density at radius 2 is 2.00 bits per heavy atom. The van der Waals surface area contributed by atoms with Gasteiger partial charge in [-0.1, -0.05) is 0 Å². The van der Waals surface area contributed by atoms with Crippen molar-refractivity contribution < 1.29 is 17.9 Å². The number of alkyl halides is 3. The third kappa shape index (κ3) is 2.83. The van der Waals surface area contributed by atoms with Crippen molar-refractivity contribution in [1.29, 1.82) is 0 Å². The summed E-state index contributed by atoms with van der Waals surface area (Å²) in [7, 11) is 1.31. The predicted octanol–water partition coefficient (Wildman–Crippen LogP) is 2.92. The molecule has 0 atom stereocenters. The fourth-order valence-electron chi connectivity index (χ4n) is 2.26. The third-order valence-corrected chi connectivity index (χ3v) is 3.50. The molecule has 1 aromatic rings. The molecule has 1 fully saturated rings. The Balaban J connectivity index is 2.26.